The van der Waals surface area contributed by atoms with Gasteiger partial charge in [-0.2, -0.15) is 0 Å². The molecular weight excluding hydrogens is 1550 g/mol. The van der Waals surface area contributed by atoms with Crippen LogP contribution in [0, 0.1) is 11.8 Å². The normalized spacial score (nSPS) is 22.0. The SMILES string of the molecule is CC(=O)N[C@@H](Cc1ccccc1)C(=O)N[C@H]1CCCNC(=O)[C@H](CCCN=C(N)N)CC(=O)[C@H](Cc2c[nH]c3ccccc23)NC(=O)CNC(=O)[C@@H]2CCCN2C1=O.CC(=O)N[C@@H](Cc1ccccc1)C(=O)N[C@H]1CCCNC(=O)[C@H](CCCN=C(N)N)CC(=O)[C@H](Cc2c[nH]c3ccccc23)NC(=O)[C@@H](CCCCN)NC(=O)[C@@H]2CCCN2C1=O. The van der Waals surface area contributed by atoms with E-state index in [9.17, 15) is 67.1 Å². The monoisotopic (exact) mass is 1670 g/mol. The smallest absolute Gasteiger partial charge is 0.245 e. The van der Waals surface area contributed by atoms with Crippen molar-refractivity contribution in [1.82, 2.24) is 72.9 Å². The number of nitrogens with one attached hydrogen (secondary N) is 12. The van der Waals surface area contributed by atoms with Crippen LogP contribution in [0.2, 0.25) is 0 Å². The molecule has 4 fully saturated rings. The van der Waals surface area contributed by atoms with Crippen LogP contribution in [0.5, 0.6) is 0 Å². The number of aromatic amines is 2. The first-order valence-corrected chi connectivity index (χ1v) is 41.8. The zero-order chi connectivity index (χ0) is 86.9. The third kappa shape index (κ3) is 28.3. The molecular formula is C86H117N21O14. The molecule has 650 valence electrons. The van der Waals surface area contributed by atoms with E-state index in [0.717, 1.165) is 44.1 Å². The first-order chi connectivity index (χ1) is 58.2. The Balaban J connectivity index is 0.000000276. The lowest BCUT2D eigenvalue weighted by molar-refractivity contribution is -0.142. The van der Waals surface area contributed by atoms with Crippen molar-refractivity contribution in [2.24, 2.45) is 50.5 Å². The molecule has 2 aromatic heterocycles. The molecule has 0 spiro atoms. The minimum absolute atomic E-state index is 0.0821. The number of rotatable bonds is 26. The molecule has 35 heteroatoms. The second-order valence-electron chi connectivity index (χ2n) is 31.3. The van der Waals surface area contributed by atoms with Gasteiger partial charge in [0.1, 0.15) is 42.3 Å². The van der Waals surface area contributed by atoms with Gasteiger partial charge in [-0.3, -0.25) is 77.1 Å². The van der Waals surface area contributed by atoms with Crippen molar-refractivity contribution in [3.05, 3.63) is 144 Å². The van der Waals surface area contributed by atoms with Crippen LogP contribution in [0.15, 0.2) is 132 Å². The van der Waals surface area contributed by atoms with Gasteiger partial charge in [0.2, 0.25) is 70.9 Å². The van der Waals surface area contributed by atoms with E-state index in [1.54, 1.807) is 12.4 Å². The molecule has 11 atom stereocenters. The Morgan fingerprint density at radius 3 is 1.35 bits per heavy atom. The Kier molecular flexibility index (Phi) is 35.6. The van der Waals surface area contributed by atoms with Gasteiger partial charge in [0.15, 0.2) is 23.5 Å². The second-order valence-corrected chi connectivity index (χ2v) is 31.3. The van der Waals surface area contributed by atoms with Gasteiger partial charge in [-0.15, -0.1) is 0 Å². The van der Waals surface area contributed by atoms with Gasteiger partial charge in [0.05, 0.1) is 18.6 Å². The number of nitrogens with two attached hydrogens (primary N) is 5. The number of guanidine groups is 2. The minimum atomic E-state index is -1.13. The van der Waals surface area contributed by atoms with Crippen molar-refractivity contribution in [2.45, 2.75) is 203 Å². The molecule has 0 bridgehead atoms. The van der Waals surface area contributed by atoms with E-state index in [2.05, 4.69) is 73.1 Å². The Hall–Kier alpha value is -12.6. The zero-order valence-corrected chi connectivity index (χ0v) is 68.8. The van der Waals surface area contributed by atoms with E-state index in [0.29, 0.717) is 57.9 Å². The quantitative estimate of drug-likeness (QED) is 0.0201. The Morgan fingerprint density at radius 1 is 0.471 bits per heavy atom. The molecule has 35 nitrogen and oxygen atoms in total. The molecule has 4 saturated heterocycles. The van der Waals surface area contributed by atoms with Crippen LogP contribution < -0.4 is 81.8 Å². The fourth-order valence-corrected chi connectivity index (χ4v) is 15.9. The van der Waals surface area contributed by atoms with E-state index in [4.69, 9.17) is 28.7 Å². The van der Waals surface area contributed by atoms with Gasteiger partial charge in [-0.05, 0) is 137 Å². The number of hydrogen-bond donors (Lipinski definition) is 17. The topological polar surface area (TPSA) is 552 Å². The summed E-state index contributed by atoms with van der Waals surface area (Å²) in [5.74, 6) is -8.67. The summed E-state index contributed by atoms with van der Waals surface area (Å²) in [6.07, 6.45) is 8.66. The highest BCUT2D eigenvalue weighted by Crippen LogP contribution is 2.27. The third-order valence-corrected chi connectivity index (χ3v) is 22.1. The standard InChI is InChI=1S/C45H63N11O7.C41H54N10O7/c1-28(57)52-37(24-29-12-3-2-4-13-29)42(61)54-35-18-10-21-49-40(59)30(14-9-22-50-45(47)48)26-39(58)36(25-31-27-51-33-16-6-5-15-32(31)33)55-41(60)34(17-7-8-20-46)53-43(62)38-19-11-23-56(38)44(35)63;1-25(52)48-33(20-26-10-3-2-4-11-26)38(56)50-31-15-8-17-44-37(55)27(12-7-18-45-41(42)43)22-35(53)32(21-28-23-46-30-14-6-5-13-29(28)30)49-36(54)24-47-39(57)34-16-9-19-51(34)40(31)58/h2-6,12-13,15-16,27,30,34-38,51H,7-11,14,17-26,46H2,1H3,(H,49,59)(H,52,57)(H,53,62)(H,54,61)(H,55,60)(H4,47,48,50);2-6,10-11,13-14,23,27,31-34,46H,7-9,12,15-22,24H2,1H3,(H,44,55)(H,47,57)(H,48,52)(H,49,54)(H,50,56)(H4,42,43,45)/t30-,34-,35+,36+,37+,38+;27-,31+,32+,33+,34+/m11/s1. The van der Waals surface area contributed by atoms with E-state index in [1.807, 2.05) is 109 Å². The van der Waals surface area contributed by atoms with E-state index in [1.165, 1.54) is 23.6 Å². The summed E-state index contributed by atoms with van der Waals surface area (Å²) in [4.78, 5) is 210. The number of unbranched alkanes of at least 4 members (excludes halogenated alkanes) is 1. The first kappa shape index (κ1) is 92.3. The number of para-hydroxylation sites is 2. The van der Waals surface area contributed by atoms with Crippen LogP contribution in [0.3, 0.4) is 0 Å². The van der Waals surface area contributed by atoms with E-state index >= 15 is 0 Å². The average Bonchev–Trinajstić information content (AvgIpc) is 1.68. The number of benzene rings is 4. The number of nitrogens with zero attached hydrogens (tertiary/aromatic N) is 4. The maximum Gasteiger partial charge on any atom is 0.245 e. The maximum atomic E-state index is 14.5. The van der Waals surface area contributed by atoms with Gasteiger partial charge < -0.3 is 102 Å². The van der Waals surface area contributed by atoms with Gasteiger partial charge in [-0.1, -0.05) is 97.1 Å². The van der Waals surface area contributed by atoms with Crippen molar-refractivity contribution in [3.8, 4) is 0 Å². The number of aliphatic imine (C=N–C) groups is 2. The summed E-state index contributed by atoms with van der Waals surface area (Å²) in [5, 5.41) is 29.9. The second kappa shape index (κ2) is 46.7. The molecule has 4 aromatic carbocycles. The molecule has 0 radical (unpaired) electrons. The highest BCUT2D eigenvalue weighted by Gasteiger charge is 2.43. The lowest BCUT2D eigenvalue weighted by atomic mass is 9.90. The summed E-state index contributed by atoms with van der Waals surface area (Å²) < 4.78 is 0. The molecule has 0 saturated carbocycles. The summed E-state index contributed by atoms with van der Waals surface area (Å²) >= 11 is 0. The molecule has 6 heterocycles. The summed E-state index contributed by atoms with van der Waals surface area (Å²) in [7, 11) is 0. The minimum Gasteiger partial charge on any atom is -0.370 e. The molecule has 0 aliphatic carbocycles. The molecule has 4 aliphatic heterocycles. The number of amides is 12. The number of ketones is 2. The Bertz CT molecular complexity index is 4640. The molecule has 121 heavy (non-hydrogen) atoms. The van der Waals surface area contributed by atoms with Crippen molar-refractivity contribution in [2.75, 3.05) is 52.4 Å². The van der Waals surface area contributed by atoms with Crippen molar-refractivity contribution < 1.29 is 67.1 Å². The van der Waals surface area contributed by atoms with Crippen molar-refractivity contribution >= 4 is 116 Å². The van der Waals surface area contributed by atoms with Crippen molar-refractivity contribution in [3.63, 3.8) is 0 Å². The lowest BCUT2D eigenvalue weighted by Crippen LogP contribution is -2.59. The predicted octanol–water partition coefficient (Wildman–Crippen LogP) is 0.645. The van der Waals surface area contributed by atoms with Crippen LogP contribution in [0.1, 0.15) is 145 Å². The van der Waals surface area contributed by atoms with Crippen LogP contribution in [0.25, 0.3) is 21.8 Å². The van der Waals surface area contributed by atoms with Crippen LogP contribution in [-0.4, -0.2) is 221 Å². The number of carbonyl (C=O) groups excluding carboxylic acids is 14. The number of aromatic nitrogens is 2. The number of carbonyl (C=O) groups is 14. The molecule has 6 aromatic rings. The molecule has 0 unspecified atom stereocenters. The fourth-order valence-electron chi connectivity index (χ4n) is 15.9. The van der Waals surface area contributed by atoms with E-state index in [-0.39, 0.29) is 146 Å². The van der Waals surface area contributed by atoms with E-state index < -0.39 is 144 Å². The summed E-state index contributed by atoms with van der Waals surface area (Å²) in [5.41, 5.74) is 32.8. The number of Topliss-reactive ketones (excluding diaryl/α,β-unsaturated/α-hetero) is 2. The fraction of sp³-hybridized carbons (Fsp3) is 0.488. The molecule has 4 aliphatic rings. The van der Waals surface area contributed by atoms with Gasteiger partial charge in [0, 0.05) is 138 Å². The third-order valence-electron chi connectivity index (χ3n) is 22.1. The molecule has 12 amide bonds. The van der Waals surface area contributed by atoms with Gasteiger partial charge in [0.25, 0.3) is 0 Å². The zero-order valence-electron chi connectivity index (χ0n) is 68.8. The first-order valence-electron chi connectivity index (χ1n) is 41.8. The Morgan fingerprint density at radius 2 is 0.901 bits per heavy atom. The highest BCUT2D eigenvalue weighted by molar-refractivity contribution is 6.00. The number of fused-ring (bicyclic) bond motifs is 4. The largest absolute Gasteiger partial charge is 0.370 e. The number of hydrogen-bond acceptors (Lipinski definition) is 17. The summed E-state index contributed by atoms with van der Waals surface area (Å²) in [6.45, 7) is 3.65. The summed E-state index contributed by atoms with van der Waals surface area (Å²) in [6, 6.07) is 24.2. The maximum absolute atomic E-state index is 14.5. The lowest BCUT2D eigenvalue weighted by Gasteiger charge is -2.31. The highest BCUT2D eigenvalue weighted by atomic mass is 16.2. The number of H-pyrrole nitrogens is 2. The van der Waals surface area contributed by atoms with Gasteiger partial charge >= 0.3 is 0 Å². The van der Waals surface area contributed by atoms with Crippen LogP contribution in [-0.2, 0) is 92.8 Å². The predicted molar refractivity (Wildman–Crippen MR) is 455 cm³/mol. The van der Waals surface area contributed by atoms with Crippen LogP contribution in [0.4, 0.5) is 0 Å². The average molecular weight is 1670 g/mol. The molecule has 22 N–H and O–H groups in total. The Labute approximate surface area is 702 Å². The van der Waals surface area contributed by atoms with Crippen LogP contribution >= 0.6 is 0 Å². The molecule has 10 rings (SSSR count). The van der Waals surface area contributed by atoms with Crippen molar-refractivity contribution in [1.29, 1.82) is 0 Å². The van der Waals surface area contributed by atoms with Gasteiger partial charge in [-0.25, -0.2) is 0 Å².